The standard InChI is InChI=1S/C11H20N2O5S/c1-8(7-10(14)15)12-11(16)9-5-3-4-6-13(9)19(2,17)18/h8-9H,3-7H2,1-2H3,(H,12,16)(H,14,15). The van der Waals surface area contributed by atoms with E-state index in [-0.39, 0.29) is 6.42 Å². The van der Waals surface area contributed by atoms with Crippen molar-refractivity contribution in [3.05, 3.63) is 0 Å². The van der Waals surface area contributed by atoms with Gasteiger partial charge in [0.05, 0.1) is 12.7 Å². The summed E-state index contributed by atoms with van der Waals surface area (Å²) >= 11 is 0. The van der Waals surface area contributed by atoms with Crippen molar-refractivity contribution in [2.45, 2.75) is 44.7 Å². The molecule has 0 radical (unpaired) electrons. The maximum Gasteiger partial charge on any atom is 0.305 e. The van der Waals surface area contributed by atoms with E-state index in [2.05, 4.69) is 5.32 Å². The van der Waals surface area contributed by atoms with Crippen molar-refractivity contribution in [3.63, 3.8) is 0 Å². The third kappa shape index (κ3) is 4.79. The predicted molar refractivity (Wildman–Crippen MR) is 69.0 cm³/mol. The van der Waals surface area contributed by atoms with Crippen LogP contribution >= 0.6 is 0 Å². The van der Waals surface area contributed by atoms with Gasteiger partial charge in [0.2, 0.25) is 15.9 Å². The van der Waals surface area contributed by atoms with Crippen molar-refractivity contribution >= 4 is 21.9 Å². The number of carboxylic acids is 1. The van der Waals surface area contributed by atoms with E-state index in [9.17, 15) is 18.0 Å². The van der Waals surface area contributed by atoms with E-state index in [1.807, 2.05) is 0 Å². The van der Waals surface area contributed by atoms with Crippen molar-refractivity contribution in [1.82, 2.24) is 9.62 Å². The lowest BCUT2D eigenvalue weighted by atomic mass is 10.0. The molecule has 1 aliphatic rings. The van der Waals surface area contributed by atoms with Gasteiger partial charge >= 0.3 is 5.97 Å². The third-order valence-corrected chi connectivity index (χ3v) is 4.34. The number of carbonyl (C=O) groups excluding carboxylic acids is 1. The molecule has 0 spiro atoms. The van der Waals surface area contributed by atoms with Crippen LogP contribution < -0.4 is 5.32 Å². The van der Waals surface area contributed by atoms with Crippen LogP contribution in [0.4, 0.5) is 0 Å². The highest BCUT2D eigenvalue weighted by Crippen LogP contribution is 2.20. The van der Waals surface area contributed by atoms with Crippen LogP contribution in [0.1, 0.15) is 32.6 Å². The molecule has 0 aliphatic carbocycles. The molecule has 0 aromatic heterocycles. The Hall–Kier alpha value is -1.15. The molecule has 0 aromatic carbocycles. The maximum atomic E-state index is 12.0. The molecule has 1 rings (SSSR count). The topological polar surface area (TPSA) is 104 Å². The highest BCUT2D eigenvalue weighted by atomic mass is 32.2. The van der Waals surface area contributed by atoms with Crippen LogP contribution in [-0.4, -0.2) is 54.6 Å². The molecule has 1 heterocycles. The van der Waals surface area contributed by atoms with Gasteiger partial charge in [0, 0.05) is 12.6 Å². The second-order valence-corrected chi connectivity index (χ2v) is 6.83. The van der Waals surface area contributed by atoms with Crippen molar-refractivity contribution in [2.75, 3.05) is 12.8 Å². The first-order valence-electron chi connectivity index (χ1n) is 6.21. The highest BCUT2D eigenvalue weighted by Gasteiger charge is 2.34. The average molecular weight is 292 g/mol. The van der Waals surface area contributed by atoms with Gasteiger partial charge in [-0.25, -0.2) is 8.42 Å². The van der Waals surface area contributed by atoms with E-state index >= 15 is 0 Å². The van der Waals surface area contributed by atoms with Crippen molar-refractivity contribution < 1.29 is 23.1 Å². The zero-order chi connectivity index (χ0) is 14.6. The normalized spacial score (nSPS) is 22.7. The second-order valence-electron chi connectivity index (χ2n) is 4.89. The molecule has 0 saturated carbocycles. The van der Waals surface area contributed by atoms with Crippen molar-refractivity contribution in [3.8, 4) is 0 Å². The summed E-state index contributed by atoms with van der Waals surface area (Å²) in [6, 6.07) is -1.24. The molecular weight excluding hydrogens is 272 g/mol. The number of piperidine rings is 1. The Morgan fingerprint density at radius 1 is 1.42 bits per heavy atom. The number of rotatable bonds is 5. The summed E-state index contributed by atoms with van der Waals surface area (Å²) in [4.78, 5) is 22.6. The molecule has 8 heteroatoms. The number of hydrogen-bond acceptors (Lipinski definition) is 4. The van der Waals surface area contributed by atoms with E-state index in [0.717, 1.165) is 19.1 Å². The lowest BCUT2D eigenvalue weighted by Crippen LogP contribution is -2.53. The number of amides is 1. The number of aliphatic carboxylic acids is 1. The molecule has 1 saturated heterocycles. The van der Waals surface area contributed by atoms with E-state index in [4.69, 9.17) is 5.11 Å². The number of nitrogens with one attached hydrogen (secondary N) is 1. The molecule has 2 N–H and O–H groups in total. The molecule has 1 amide bonds. The van der Waals surface area contributed by atoms with Crippen LogP contribution in [0.3, 0.4) is 0 Å². The van der Waals surface area contributed by atoms with Gasteiger partial charge < -0.3 is 10.4 Å². The summed E-state index contributed by atoms with van der Waals surface area (Å²) < 4.78 is 24.4. The average Bonchev–Trinajstić information content (AvgIpc) is 2.26. The Balaban J connectivity index is 2.70. The zero-order valence-corrected chi connectivity index (χ0v) is 11.9. The van der Waals surface area contributed by atoms with Gasteiger partial charge in [0.25, 0.3) is 0 Å². The maximum absolute atomic E-state index is 12.0. The molecule has 0 aromatic rings. The fourth-order valence-corrected chi connectivity index (χ4v) is 3.34. The SMILES string of the molecule is CC(CC(=O)O)NC(=O)C1CCCCN1S(C)(=O)=O. The van der Waals surface area contributed by atoms with Crippen LogP contribution in [0.2, 0.25) is 0 Å². The Bertz CT molecular complexity index is 448. The molecule has 1 aliphatic heterocycles. The Labute approximate surface area is 113 Å². The van der Waals surface area contributed by atoms with Crippen molar-refractivity contribution in [2.24, 2.45) is 0 Å². The lowest BCUT2D eigenvalue weighted by Gasteiger charge is -2.33. The van der Waals surface area contributed by atoms with E-state index in [1.165, 1.54) is 4.31 Å². The second kappa shape index (κ2) is 6.33. The largest absolute Gasteiger partial charge is 0.481 e. The number of hydrogen-bond donors (Lipinski definition) is 2. The highest BCUT2D eigenvalue weighted by molar-refractivity contribution is 7.88. The van der Waals surface area contributed by atoms with Gasteiger partial charge in [-0.15, -0.1) is 0 Å². The fraction of sp³-hybridized carbons (Fsp3) is 0.818. The minimum Gasteiger partial charge on any atom is -0.481 e. The summed E-state index contributed by atoms with van der Waals surface area (Å²) in [6.07, 6.45) is 2.90. The van der Waals surface area contributed by atoms with Crippen LogP contribution in [0, 0.1) is 0 Å². The Kier molecular flexibility index (Phi) is 5.30. The first-order valence-corrected chi connectivity index (χ1v) is 8.05. The van der Waals surface area contributed by atoms with Crippen LogP contribution in [0.5, 0.6) is 0 Å². The molecule has 1 fully saturated rings. The summed E-state index contributed by atoms with van der Waals surface area (Å²) in [7, 11) is -3.42. The monoisotopic (exact) mass is 292 g/mol. The van der Waals surface area contributed by atoms with E-state index in [1.54, 1.807) is 6.92 Å². The number of carbonyl (C=O) groups is 2. The van der Waals surface area contributed by atoms with Gasteiger partial charge in [-0.05, 0) is 19.8 Å². The molecule has 110 valence electrons. The van der Waals surface area contributed by atoms with E-state index in [0.29, 0.717) is 13.0 Å². The number of nitrogens with zero attached hydrogens (tertiary/aromatic N) is 1. The summed E-state index contributed by atoms with van der Waals surface area (Å²) in [5.41, 5.74) is 0. The first-order chi connectivity index (χ1) is 8.71. The van der Waals surface area contributed by atoms with Crippen molar-refractivity contribution in [1.29, 1.82) is 0 Å². The molecule has 2 atom stereocenters. The fourth-order valence-electron chi connectivity index (χ4n) is 2.22. The van der Waals surface area contributed by atoms with Gasteiger partial charge in [0.1, 0.15) is 6.04 Å². The number of sulfonamides is 1. The molecule has 2 unspecified atom stereocenters. The Morgan fingerprint density at radius 3 is 2.58 bits per heavy atom. The van der Waals surface area contributed by atoms with E-state index < -0.39 is 34.0 Å². The van der Waals surface area contributed by atoms with Gasteiger partial charge in [0.15, 0.2) is 0 Å². The lowest BCUT2D eigenvalue weighted by molar-refractivity contribution is -0.137. The number of carboxylic acid groups (broad SMARTS) is 1. The summed E-state index contributed by atoms with van der Waals surface area (Å²) in [5.74, 6) is -1.42. The van der Waals surface area contributed by atoms with Crippen LogP contribution in [-0.2, 0) is 19.6 Å². The van der Waals surface area contributed by atoms with Crippen LogP contribution in [0.15, 0.2) is 0 Å². The smallest absolute Gasteiger partial charge is 0.305 e. The summed E-state index contributed by atoms with van der Waals surface area (Å²) in [6.45, 7) is 1.92. The quantitative estimate of drug-likeness (QED) is 0.729. The summed E-state index contributed by atoms with van der Waals surface area (Å²) in [5, 5.41) is 11.2. The Morgan fingerprint density at radius 2 is 2.05 bits per heavy atom. The van der Waals surface area contributed by atoms with Gasteiger partial charge in [-0.1, -0.05) is 6.42 Å². The molecule has 7 nitrogen and oxygen atoms in total. The molecule has 0 bridgehead atoms. The minimum absolute atomic E-state index is 0.183. The third-order valence-electron chi connectivity index (χ3n) is 3.05. The first kappa shape index (κ1) is 15.9. The molecular formula is C11H20N2O5S. The van der Waals surface area contributed by atoms with Crippen LogP contribution in [0.25, 0.3) is 0 Å². The minimum atomic E-state index is -3.42. The predicted octanol–water partition coefficient (Wildman–Crippen LogP) is -0.220. The van der Waals surface area contributed by atoms with Gasteiger partial charge in [-0.2, -0.15) is 4.31 Å². The molecule has 19 heavy (non-hydrogen) atoms. The van der Waals surface area contributed by atoms with Gasteiger partial charge in [-0.3, -0.25) is 9.59 Å². The zero-order valence-electron chi connectivity index (χ0n) is 11.1.